The second-order valence-corrected chi connectivity index (χ2v) is 15.1. The standard InChI is InChI=1S/C37H47N9O4/c1-36(2,3)26-13-9-24(10-14-26)30(47)39-28-8-7-19-44(22-28)33-42-32-38-18-21-46(32)34(43-33)41-27-15-11-25(12-16-27)31(48)40-29-17-20-45(23-29)35(49)50-37(4,5)6/h9-16,18,21,28-29H,7-8,17,19-20,22-23H2,1-6H3,(H,39,47)(H,40,48)(H,38,41,42,43). The molecule has 0 bridgehead atoms. The van der Waals surface area contributed by atoms with Crippen LogP contribution in [0.1, 0.15) is 87.1 Å². The number of hydrogen-bond donors (Lipinski definition) is 3. The summed E-state index contributed by atoms with van der Waals surface area (Å²) in [4.78, 5) is 56.3. The molecule has 2 aromatic heterocycles. The smallest absolute Gasteiger partial charge is 0.410 e. The van der Waals surface area contributed by atoms with E-state index in [0.29, 0.717) is 54.9 Å². The van der Waals surface area contributed by atoms with E-state index >= 15 is 0 Å². The molecule has 2 aliphatic heterocycles. The number of nitrogens with zero attached hydrogens (tertiary/aromatic N) is 6. The molecular weight excluding hydrogens is 634 g/mol. The van der Waals surface area contributed by atoms with Gasteiger partial charge in [0.15, 0.2) is 0 Å². The molecule has 4 aromatic rings. The largest absolute Gasteiger partial charge is 0.444 e. The van der Waals surface area contributed by atoms with Crippen LogP contribution < -0.4 is 20.9 Å². The third-order valence-electron chi connectivity index (χ3n) is 8.89. The van der Waals surface area contributed by atoms with Gasteiger partial charge in [-0.05, 0) is 87.4 Å². The number of anilines is 3. The van der Waals surface area contributed by atoms with E-state index < -0.39 is 5.60 Å². The van der Waals surface area contributed by atoms with Gasteiger partial charge in [-0.25, -0.2) is 9.78 Å². The highest BCUT2D eigenvalue weighted by Gasteiger charge is 2.31. The Kier molecular flexibility index (Phi) is 9.68. The summed E-state index contributed by atoms with van der Waals surface area (Å²) in [6, 6.07) is 14.8. The fourth-order valence-corrected chi connectivity index (χ4v) is 6.18. The molecule has 0 radical (unpaired) electrons. The molecule has 2 aromatic carbocycles. The Labute approximate surface area is 292 Å². The number of imidazole rings is 1. The second kappa shape index (κ2) is 14.0. The predicted molar refractivity (Wildman–Crippen MR) is 192 cm³/mol. The minimum Gasteiger partial charge on any atom is -0.444 e. The zero-order chi connectivity index (χ0) is 35.6. The number of piperidine rings is 1. The van der Waals surface area contributed by atoms with Crippen LogP contribution in [0.4, 0.5) is 22.4 Å². The summed E-state index contributed by atoms with van der Waals surface area (Å²) in [5.74, 6) is 1.25. The van der Waals surface area contributed by atoms with Gasteiger partial charge in [-0.15, -0.1) is 0 Å². The van der Waals surface area contributed by atoms with Crippen molar-refractivity contribution >= 4 is 41.3 Å². The SMILES string of the molecule is CC(C)(C)OC(=O)N1CCC(NC(=O)c2ccc(Nc3nc(N4CCCC(NC(=O)c5ccc(C(C)(C)C)cc5)C4)nc4nccn34)cc2)C1. The number of carbonyl (C=O) groups excluding carboxylic acids is 3. The normalized spacial score (nSPS) is 18.2. The van der Waals surface area contributed by atoms with Crippen LogP contribution in [0.2, 0.25) is 0 Å². The Morgan fingerprint density at radius 1 is 0.800 bits per heavy atom. The summed E-state index contributed by atoms with van der Waals surface area (Å²) in [7, 11) is 0. The maximum Gasteiger partial charge on any atom is 0.410 e. The lowest BCUT2D eigenvalue weighted by atomic mass is 9.86. The van der Waals surface area contributed by atoms with Crippen molar-refractivity contribution in [3.8, 4) is 0 Å². The predicted octanol–water partition coefficient (Wildman–Crippen LogP) is 5.30. The van der Waals surface area contributed by atoms with E-state index in [4.69, 9.17) is 14.7 Å². The summed E-state index contributed by atoms with van der Waals surface area (Å²) in [5.41, 5.74) is 2.52. The first kappa shape index (κ1) is 34.7. The number of hydrogen-bond acceptors (Lipinski definition) is 9. The number of amides is 3. The number of carbonyl (C=O) groups is 3. The van der Waals surface area contributed by atoms with Crippen LogP contribution in [0.25, 0.3) is 5.78 Å². The first-order valence-electron chi connectivity index (χ1n) is 17.3. The van der Waals surface area contributed by atoms with Crippen LogP contribution in [-0.4, -0.2) is 86.0 Å². The van der Waals surface area contributed by atoms with E-state index in [2.05, 4.69) is 46.6 Å². The first-order chi connectivity index (χ1) is 23.7. The highest BCUT2D eigenvalue weighted by molar-refractivity contribution is 5.95. The molecule has 3 amide bonds. The maximum absolute atomic E-state index is 13.1. The molecule has 3 N–H and O–H groups in total. The van der Waals surface area contributed by atoms with E-state index in [9.17, 15) is 14.4 Å². The van der Waals surface area contributed by atoms with Gasteiger partial charge in [0, 0.05) is 67.5 Å². The average molecular weight is 682 g/mol. The van der Waals surface area contributed by atoms with Crippen molar-refractivity contribution in [3.63, 3.8) is 0 Å². The number of benzene rings is 2. The third kappa shape index (κ3) is 8.32. The second-order valence-electron chi connectivity index (χ2n) is 15.1. The van der Waals surface area contributed by atoms with Gasteiger partial charge in [0.1, 0.15) is 5.60 Å². The number of nitrogens with one attached hydrogen (secondary N) is 3. The van der Waals surface area contributed by atoms with Gasteiger partial charge in [0.25, 0.3) is 11.8 Å². The molecule has 2 unspecified atom stereocenters. The Morgan fingerprint density at radius 2 is 1.44 bits per heavy atom. The van der Waals surface area contributed by atoms with Crippen molar-refractivity contribution in [1.29, 1.82) is 0 Å². The highest BCUT2D eigenvalue weighted by atomic mass is 16.6. The van der Waals surface area contributed by atoms with Crippen LogP contribution in [0, 0.1) is 0 Å². The molecule has 2 atom stereocenters. The minimum atomic E-state index is -0.568. The molecule has 2 aliphatic rings. The molecule has 2 saturated heterocycles. The molecule has 0 spiro atoms. The van der Waals surface area contributed by atoms with Gasteiger partial charge < -0.3 is 30.5 Å². The van der Waals surface area contributed by atoms with E-state index in [1.165, 1.54) is 5.56 Å². The lowest BCUT2D eigenvalue weighted by Crippen LogP contribution is -2.48. The minimum absolute atomic E-state index is 0.0212. The van der Waals surface area contributed by atoms with Crippen molar-refractivity contribution in [2.24, 2.45) is 0 Å². The molecule has 264 valence electrons. The van der Waals surface area contributed by atoms with Gasteiger partial charge >= 0.3 is 6.09 Å². The van der Waals surface area contributed by atoms with Crippen LogP contribution in [-0.2, 0) is 10.2 Å². The first-order valence-corrected chi connectivity index (χ1v) is 17.3. The molecule has 4 heterocycles. The van der Waals surface area contributed by atoms with E-state index in [0.717, 1.165) is 25.1 Å². The number of aromatic nitrogens is 4. The number of likely N-dealkylation sites (tertiary alicyclic amines) is 1. The van der Waals surface area contributed by atoms with Gasteiger partial charge in [0.05, 0.1) is 0 Å². The van der Waals surface area contributed by atoms with Crippen molar-refractivity contribution in [2.45, 2.75) is 83.9 Å². The molecule has 13 heteroatoms. The van der Waals surface area contributed by atoms with Crippen molar-refractivity contribution < 1.29 is 19.1 Å². The van der Waals surface area contributed by atoms with Gasteiger partial charge in [-0.2, -0.15) is 9.97 Å². The summed E-state index contributed by atoms with van der Waals surface area (Å²) < 4.78 is 7.23. The van der Waals surface area contributed by atoms with Crippen LogP contribution in [0.15, 0.2) is 60.9 Å². The summed E-state index contributed by atoms with van der Waals surface area (Å²) in [5, 5.41) is 9.59. The third-order valence-corrected chi connectivity index (χ3v) is 8.89. The van der Waals surface area contributed by atoms with Gasteiger partial charge in [-0.3, -0.25) is 14.0 Å². The van der Waals surface area contributed by atoms with Crippen LogP contribution in [0.3, 0.4) is 0 Å². The van der Waals surface area contributed by atoms with E-state index in [1.54, 1.807) is 33.8 Å². The number of fused-ring (bicyclic) bond motifs is 1. The van der Waals surface area contributed by atoms with E-state index in [-0.39, 0.29) is 35.4 Å². The van der Waals surface area contributed by atoms with Crippen LogP contribution >= 0.6 is 0 Å². The zero-order valence-electron chi connectivity index (χ0n) is 29.7. The Hall–Kier alpha value is -5.20. The number of rotatable bonds is 7. The molecule has 0 aliphatic carbocycles. The van der Waals surface area contributed by atoms with Crippen molar-refractivity contribution in [1.82, 2.24) is 34.9 Å². The fraction of sp³-hybridized carbons (Fsp3) is 0.459. The Balaban J connectivity index is 1.08. The summed E-state index contributed by atoms with van der Waals surface area (Å²) in [6.45, 7) is 14.2. The maximum atomic E-state index is 13.1. The Morgan fingerprint density at radius 3 is 2.08 bits per heavy atom. The van der Waals surface area contributed by atoms with Gasteiger partial charge in [0.2, 0.25) is 17.7 Å². The quantitative estimate of drug-likeness (QED) is 0.236. The summed E-state index contributed by atoms with van der Waals surface area (Å²) in [6.07, 6.45) is 5.50. The van der Waals surface area contributed by atoms with E-state index in [1.807, 2.05) is 57.2 Å². The molecule has 13 nitrogen and oxygen atoms in total. The molecule has 2 fully saturated rings. The molecule has 6 rings (SSSR count). The Bertz CT molecular complexity index is 1840. The van der Waals surface area contributed by atoms with Crippen molar-refractivity contribution in [3.05, 3.63) is 77.6 Å². The fourth-order valence-electron chi connectivity index (χ4n) is 6.18. The highest BCUT2D eigenvalue weighted by Crippen LogP contribution is 2.24. The number of ether oxygens (including phenoxy) is 1. The topological polar surface area (TPSA) is 146 Å². The summed E-state index contributed by atoms with van der Waals surface area (Å²) >= 11 is 0. The van der Waals surface area contributed by atoms with Crippen LogP contribution in [0.5, 0.6) is 0 Å². The monoisotopic (exact) mass is 681 g/mol. The van der Waals surface area contributed by atoms with Gasteiger partial charge in [-0.1, -0.05) is 32.9 Å². The molecule has 50 heavy (non-hydrogen) atoms. The lowest BCUT2D eigenvalue weighted by Gasteiger charge is -2.33. The average Bonchev–Trinajstić information content (AvgIpc) is 3.74. The zero-order valence-corrected chi connectivity index (χ0v) is 29.7. The van der Waals surface area contributed by atoms with Crippen molar-refractivity contribution in [2.75, 3.05) is 36.4 Å². The lowest BCUT2D eigenvalue weighted by molar-refractivity contribution is 0.0289. The molecule has 0 saturated carbocycles. The molecular formula is C37H47N9O4.